The lowest BCUT2D eigenvalue weighted by Gasteiger charge is -2.41. The Morgan fingerprint density at radius 3 is 2.33 bits per heavy atom. The molecule has 3 N–H and O–H groups in total. The summed E-state index contributed by atoms with van der Waals surface area (Å²) < 4.78 is 0. The van der Waals surface area contributed by atoms with Crippen molar-refractivity contribution >= 4 is 17.8 Å². The van der Waals surface area contributed by atoms with Gasteiger partial charge in [-0.15, -0.1) is 0 Å². The number of rotatable bonds is 3. The molecule has 2 fully saturated rings. The maximum atomic E-state index is 12.6. The Morgan fingerprint density at radius 1 is 1.14 bits per heavy atom. The van der Waals surface area contributed by atoms with Gasteiger partial charge in [-0.3, -0.25) is 14.4 Å². The monoisotopic (exact) mass is 298 g/mol. The van der Waals surface area contributed by atoms with Gasteiger partial charge in [-0.25, -0.2) is 0 Å². The average Bonchev–Trinajstić information content (AvgIpc) is 2.46. The maximum Gasteiger partial charge on any atom is 0.309 e. The molecule has 2 heterocycles. The molecule has 21 heavy (non-hydrogen) atoms. The zero-order chi connectivity index (χ0) is 15.6. The van der Waals surface area contributed by atoms with Crippen molar-refractivity contribution in [1.82, 2.24) is 10.2 Å². The fourth-order valence-corrected chi connectivity index (χ4v) is 3.27. The van der Waals surface area contributed by atoms with Crippen LogP contribution < -0.4 is 5.32 Å². The van der Waals surface area contributed by atoms with Crippen LogP contribution in [0, 0.1) is 11.8 Å². The van der Waals surface area contributed by atoms with Gasteiger partial charge in [0.1, 0.15) is 0 Å². The second-order valence-electron chi connectivity index (χ2n) is 6.15. The van der Waals surface area contributed by atoms with Gasteiger partial charge in [-0.2, -0.15) is 0 Å². The first-order chi connectivity index (χ1) is 9.85. The van der Waals surface area contributed by atoms with E-state index in [0.29, 0.717) is 6.54 Å². The number of aliphatic carboxylic acids is 2. The van der Waals surface area contributed by atoms with Crippen LogP contribution in [-0.2, 0) is 14.4 Å². The van der Waals surface area contributed by atoms with Gasteiger partial charge < -0.3 is 20.4 Å². The first kappa shape index (κ1) is 15.8. The molecule has 1 amide bonds. The maximum absolute atomic E-state index is 12.6. The summed E-state index contributed by atoms with van der Waals surface area (Å²) in [6.45, 7) is 2.89. The number of carboxylic acids is 2. The number of nitrogens with one attached hydrogen (secondary N) is 1. The summed E-state index contributed by atoms with van der Waals surface area (Å²) in [5, 5.41) is 21.5. The summed E-state index contributed by atoms with van der Waals surface area (Å²) in [4.78, 5) is 36.6. The molecule has 7 nitrogen and oxygen atoms in total. The molecule has 2 aliphatic heterocycles. The van der Waals surface area contributed by atoms with Crippen molar-refractivity contribution in [3.63, 3.8) is 0 Å². The number of carbonyl (C=O) groups is 3. The average molecular weight is 298 g/mol. The number of amides is 1. The Morgan fingerprint density at radius 2 is 1.81 bits per heavy atom. The lowest BCUT2D eigenvalue weighted by molar-refractivity contribution is -0.160. The molecule has 0 bridgehead atoms. The van der Waals surface area contributed by atoms with Crippen LogP contribution in [0.2, 0.25) is 0 Å². The quantitative estimate of drug-likeness (QED) is 0.685. The van der Waals surface area contributed by atoms with Crippen LogP contribution in [0.25, 0.3) is 0 Å². The molecule has 0 aliphatic carbocycles. The molecule has 3 unspecified atom stereocenters. The van der Waals surface area contributed by atoms with Crippen LogP contribution >= 0.6 is 0 Å². The third kappa shape index (κ3) is 3.18. The first-order valence-electron chi connectivity index (χ1n) is 7.35. The van der Waals surface area contributed by atoms with Crippen LogP contribution in [-0.4, -0.2) is 58.1 Å². The predicted molar refractivity (Wildman–Crippen MR) is 73.7 cm³/mol. The Labute approximate surface area is 123 Å². The molecule has 0 spiro atoms. The van der Waals surface area contributed by atoms with Crippen molar-refractivity contribution in [3.05, 3.63) is 0 Å². The Bertz CT molecular complexity index is 445. The lowest BCUT2D eigenvalue weighted by atomic mass is 9.83. The van der Waals surface area contributed by atoms with Crippen molar-refractivity contribution in [2.75, 3.05) is 19.6 Å². The molecule has 0 aromatic rings. The van der Waals surface area contributed by atoms with E-state index in [2.05, 4.69) is 5.32 Å². The molecular formula is C14H22N2O5. The smallest absolute Gasteiger partial charge is 0.309 e. The molecular weight excluding hydrogens is 276 g/mol. The normalized spacial score (nSPS) is 33.5. The van der Waals surface area contributed by atoms with Gasteiger partial charge in [0.05, 0.1) is 17.4 Å². The third-order valence-electron chi connectivity index (χ3n) is 4.63. The van der Waals surface area contributed by atoms with E-state index in [0.717, 1.165) is 25.8 Å². The Hall–Kier alpha value is -1.63. The van der Waals surface area contributed by atoms with Gasteiger partial charge in [0.2, 0.25) is 5.91 Å². The van der Waals surface area contributed by atoms with E-state index in [-0.39, 0.29) is 18.9 Å². The summed E-state index contributed by atoms with van der Waals surface area (Å²) in [5.74, 6) is -4.32. The second kappa shape index (κ2) is 6.01. The van der Waals surface area contributed by atoms with Gasteiger partial charge in [-0.1, -0.05) is 0 Å². The molecule has 0 radical (unpaired) electrons. The van der Waals surface area contributed by atoms with Crippen molar-refractivity contribution in [1.29, 1.82) is 0 Å². The minimum absolute atomic E-state index is 0.0254. The summed E-state index contributed by atoms with van der Waals surface area (Å²) in [6, 6.07) is 0. The minimum Gasteiger partial charge on any atom is -0.481 e. The fraction of sp³-hybridized carbons (Fsp3) is 0.786. The third-order valence-corrected chi connectivity index (χ3v) is 4.63. The summed E-state index contributed by atoms with van der Waals surface area (Å²) in [5.41, 5.74) is -0.655. The molecule has 3 atom stereocenters. The molecule has 0 aromatic heterocycles. The highest BCUT2D eigenvalue weighted by Gasteiger charge is 2.44. The largest absolute Gasteiger partial charge is 0.481 e. The lowest BCUT2D eigenvalue weighted by Crippen LogP contribution is -2.60. The number of nitrogens with zero attached hydrogens (tertiary/aromatic N) is 1. The van der Waals surface area contributed by atoms with Crippen molar-refractivity contribution in [3.8, 4) is 0 Å². The molecule has 0 aromatic carbocycles. The molecule has 2 rings (SSSR count). The van der Waals surface area contributed by atoms with Gasteiger partial charge in [0, 0.05) is 13.1 Å². The van der Waals surface area contributed by atoms with E-state index in [4.69, 9.17) is 5.11 Å². The zero-order valence-corrected chi connectivity index (χ0v) is 12.2. The number of carboxylic acid groups (broad SMARTS) is 2. The molecule has 0 saturated carbocycles. The van der Waals surface area contributed by atoms with Crippen molar-refractivity contribution in [2.45, 2.75) is 38.1 Å². The van der Waals surface area contributed by atoms with E-state index in [1.807, 2.05) is 6.92 Å². The Kier molecular flexibility index (Phi) is 4.51. The number of hydrogen-bond donors (Lipinski definition) is 3. The summed E-state index contributed by atoms with van der Waals surface area (Å²) in [7, 11) is 0. The highest BCUT2D eigenvalue weighted by atomic mass is 16.4. The van der Waals surface area contributed by atoms with Gasteiger partial charge in [0.15, 0.2) is 0 Å². The van der Waals surface area contributed by atoms with Gasteiger partial charge in [0.25, 0.3) is 0 Å². The number of likely N-dealkylation sites (tertiary alicyclic amines) is 1. The van der Waals surface area contributed by atoms with Crippen LogP contribution in [0.5, 0.6) is 0 Å². The number of piperidine rings is 2. The van der Waals surface area contributed by atoms with E-state index in [9.17, 15) is 19.5 Å². The zero-order valence-electron chi connectivity index (χ0n) is 12.2. The van der Waals surface area contributed by atoms with E-state index in [1.165, 1.54) is 4.90 Å². The summed E-state index contributed by atoms with van der Waals surface area (Å²) in [6.07, 6.45) is 2.90. The van der Waals surface area contributed by atoms with E-state index < -0.39 is 29.3 Å². The SMILES string of the molecule is CC1(C(=O)N2CCC(C(=O)O)C(C(=O)O)C2)CCCCN1. The second-order valence-corrected chi connectivity index (χ2v) is 6.15. The molecule has 118 valence electrons. The van der Waals surface area contributed by atoms with Crippen LogP contribution in [0.3, 0.4) is 0 Å². The van der Waals surface area contributed by atoms with E-state index >= 15 is 0 Å². The van der Waals surface area contributed by atoms with Gasteiger partial charge in [-0.05, 0) is 39.2 Å². The van der Waals surface area contributed by atoms with Crippen LogP contribution in [0.1, 0.15) is 32.6 Å². The number of hydrogen-bond acceptors (Lipinski definition) is 4. The topological polar surface area (TPSA) is 107 Å². The first-order valence-corrected chi connectivity index (χ1v) is 7.35. The molecule has 2 saturated heterocycles. The summed E-state index contributed by atoms with van der Waals surface area (Å²) >= 11 is 0. The van der Waals surface area contributed by atoms with Crippen LogP contribution in [0.15, 0.2) is 0 Å². The molecule has 2 aliphatic rings. The van der Waals surface area contributed by atoms with Crippen molar-refractivity contribution in [2.24, 2.45) is 11.8 Å². The number of carbonyl (C=O) groups excluding carboxylic acids is 1. The highest BCUT2D eigenvalue weighted by Crippen LogP contribution is 2.28. The highest BCUT2D eigenvalue weighted by molar-refractivity contribution is 5.88. The van der Waals surface area contributed by atoms with Crippen molar-refractivity contribution < 1.29 is 24.6 Å². The fourth-order valence-electron chi connectivity index (χ4n) is 3.27. The van der Waals surface area contributed by atoms with Gasteiger partial charge >= 0.3 is 11.9 Å². The van der Waals surface area contributed by atoms with Crippen LogP contribution in [0.4, 0.5) is 0 Å². The standard InChI is InChI=1S/C14H22N2O5/c1-14(5-2-3-6-15-14)13(21)16-7-4-9(11(17)18)10(8-16)12(19)20/h9-10,15H,2-8H2,1H3,(H,17,18)(H,19,20). The predicted octanol–water partition coefficient (Wildman–Crippen LogP) is 0.153. The minimum atomic E-state index is -1.15. The molecule has 7 heteroatoms. The van der Waals surface area contributed by atoms with E-state index in [1.54, 1.807) is 0 Å². The Balaban J connectivity index is 2.09.